The summed E-state index contributed by atoms with van der Waals surface area (Å²) in [7, 11) is 1.78. The summed E-state index contributed by atoms with van der Waals surface area (Å²) in [5, 5.41) is 11.1. The molecule has 1 saturated heterocycles. The zero-order valence-electron chi connectivity index (χ0n) is 15.6. The van der Waals surface area contributed by atoms with Crippen LogP contribution in [0.25, 0.3) is 10.9 Å². The maximum atomic E-state index is 15.3. The van der Waals surface area contributed by atoms with E-state index < -0.39 is 22.8 Å². The first-order chi connectivity index (χ1) is 12.7. The maximum Gasteiger partial charge on any atom is 0.341 e. The van der Waals surface area contributed by atoms with E-state index in [2.05, 4.69) is 0 Å². The fourth-order valence-electron chi connectivity index (χ4n) is 4.17. The molecule has 4 rings (SSSR count). The molecule has 0 amide bonds. The van der Waals surface area contributed by atoms with Crippen molar-refractivity contribution < 1.29 is 14.3 Å². The summed E-state index contributed by atoms with van der Waals surface area (Å²) >= 11 is 0. The summed E-state index contributed by atoms with van der Waals surface area (Å²) in [6.07, 6.45) is 1.81. The minimum absolute atomic E-state index is 0. The van der Waals surface area contributed by atoms with Gasteiger partial charge in [-0.05, 0) is 12.3 Å². The van der Waals surface area contributed by atoms with Gasteiger partial charge in [-0.25, -0.2) is 9.18 Å². The van der Waals surface area contributed by atoms with E-state index >= 15 is 4.39 Å². The van der Waals surface area contributed by atoms with Crippen LogP contribution in [0.15, 0.2) is 11.0 Å². The van der Waals surface area contributed by atoms with Crippen LogP contribution in [0.1, 0.15) is 22.8 Å². The Bertz CT molecular complexity index is 1030. The van der Waals surface area contributed by atoms with Gasteiger partial charge in [0.05, 0.1) is 22.3 Å². The van der Waals surface area contributed by atoms with E-state index in [0.717, 1.165) is 0 Å². The molecule has 2 atom stereocenters. The normalized spacial score (nSPS) is 21.1. The SMILES string of the molecule is C[C@@H]1CN(c2c(F)c(N)c3c(=O)c(C(=O)O)cn4c3c2CCN4C)C[C@@H]1N.Cl. The van der Waals surface area contributed by atoms with Gasteiger partial charge in [-0.3, -0.25) is 9.47 Å². The van der Waals surface area contributed by atoms with Crippen molar-refractivity contribution in [1.29, 1.82) is 0 Å². The summed E-state index contributed by atoms with van der Waals surface area (Å²) < 4.78 is 16.9. The number of carboxylic acid groups (broad SMARTS) is 1. The highest BCUT2D eigenvalue weighted by molar-refractivity contribution is 6.02. The number of nitrogens with two attached hydrogens (primary N) is 2. The highest BCUT2D eigenvalue weighted by Crippen LogP contribution is 2.39. The summed E-state index contributed by atoms with van der Waals surface area (Å²) in [6.45, 7) is 3.67. The number of nitrogen functional groups attached to an aromatic ring is 1. The molecule has 1 fully saturated rings. The lowest BCUT2D eigenvalue weighted by atomic mass is 9.98. The molecule has 28 heavy (non-hydrogen) atoms. The number of carbonyl (C=O) groups is 1. The van der Waals surface area contributed by atoms with Crippen molar-refractivity contribution in [2.75, 3.05) is 42.3 Å². The minimum Gasteiger partial charge on any atom is -0.477 e. The van der Waals surface area contributed by atoms with E-state index in [-0.39, 0.29) is 35.4 Å². The summed E-state index contributed by atoms with van der Waals surface area (Å²) in [4.78, 5) is 26.1. The predicted octanol–water partition coefficient (Wildman–Crippen LogP) is 0.750. The molecule has 0 radical (unpaired) electrons. The van der Waals surface area contributed by atoms with E-state index in [1.165, 1.54) is 6.20 Å². The van der Waals surface area contributed by atoms with Crippen molar-refractivity contribution in [2.45, 2.75) is 19.4 Å². The zero-order chi connectivity index (χ0) is 19.6. The van der Waals surface area contributed by atoms with Crippen molar-refractivity contribution in [1.82, 2.24) is 4.68 Å². The van der Waals surface area contributed by atoms with Crippen LogP contribution in [-0.2, 0) is 6.42 Å². The van der Waals surface area contributed by atoms with Crippen LogP contribution >= 0.6 is 12.4 Å². The number of rotatable bonds is 2. The van der Waals surface area contributed by atoms with Crippen LogP contribution in [0.4, 0.5) is 15.8 Å². The fraction of sp³-hybridized carbons (Fsp3) is 0.444. The number of pyridine rings is 1. The third-order valence-electron chi connectivity index (χ3n) is 5.74. The molecular formula is C18H23ClFN5O3. The Morgan fingerprint density at radius 2 is 2.04 bits per heavy atom. The number of benzene rings is 1. The predicted molar refractivity (Wildman–Crippen MR) is 109 cm³/mol. The number of nitrogens with zero attached hydrogens (tertiary/aromatic N) is 3. The molecule has 5 N–H and O–H groups in total. The zero-order valence-corrected chi connectivity index (χ0v) is 16.4. The lowest BCUT2D eigenvalue weighted by Gasteiger charge is -2.34. The van der Waals surface area contributed by atoms with E-state index in [4.69, 9.17) is 11.5 Å². The first kappa shape index (κ1) is 20.2. The van der Waals surface area contributed by atoms with Gasteiger partial charge in [0.2, 0.25) is 5.43 Å². The fourth-order valence-corrected chi connectivity index (χ4v) is 4.17. The van der Waals surface area contributed by atoms with E-state index in [0.29, 0.717) is 42.8 Å². The first-order valence-electron chi connectivity index (χ1n) is 8.86. The largest absolute Gasteiger partial charge is 0.477 e. The second kappa shape index (κ2) is 6.82. The van der Waals surface area contributed by atoms with Crippen molar-refractivity contribution in [3.05, 3.63) is 33.4 Å². The Morgan fingerprint density at radius 1 is 1.36 bits per heavy atom. The molecule has 3 heterocycles. The molecule has 0 bridgehead atoms. The van der Waals surface area contributed by atoms with E-state index in [9.17, 15) is 14.7 Å². The van der Waals surface area contributed by atoms with E-state index in [1.807, 2.05) is 11.8 Å². The van der Waals surface area contributed by atoms with Gasteiger partial charge in [-0.15, -0.1) is 12.4 Å². The Kier molecular flexibility index (Phi) is 4.93. The van der Waals surface area contributed by atoms with Gasteiger partial charge in [-0.2, -0.15) is 0 Å². The molecule has 0 saturated carbocycles. The van der Waals surface area contributed by atoms with Gasteiger partial charge in [0, 0.05) is 44.5 Å². The van der Waals surface area contributed by atoms with Gasteiger partial charge in [0.15, 0.2) is 5.82 Å². The lowest BCUT2D eigenvalue weighted by Crippen LogP contribution is -2.40. The quantitative estimate of drug-likeness (QED) is 0.624. The topological polar surface area (TPSA) is 118 Å². The highest BCUT2D eigenvalue weighted by Gasteiger charge is 2.34. The molecule has 1 aromatic carbocycles. The van der Waals surface area contributed by atoms with Crippen LogP contribution in [0.5, 0.6) is 0 Å². The van der Waals surface area contributed by atoms with Gasteiger partial charge in [0.25, 0.3) is 0 Å². The Balaban J connectivity index is 0.00000225. The number of aromatic carboxylic acids is 1. The Labute approximate surface area is 166 Å². The molecule has 10 heteroatoms. The number of aromatic nitrogens is 1. The molecule has 2 aliphatic heterocycles. The molecule has 2 aliphatic rings. The van der Waals surface area contributed by atoms with Crippen LogP contribution < -0.4 is 26.8 Å². The third-order valence-corrected chi connectivity index (χ3v) is 5.74. The van der Waals surface area contributed by atoms with Gasteiger partial charge in [-0.1, -0.05) is 6.92 Å². The van der Waals surface area contributed by atoms with Crippen molar-refractivity contribution in [2.24, 2.45) is 11.7 Å². The molecule has 0 unspecified atom stereocenters. The van der Waals surface area contributed by atoms with Gasteiger partial charge in [0.1, 0.15) is 5.56 Å². The number of hydrogen-bond acceptors (Lipinski definition) is 6. The van der Waals surface area contributed by atoms with Crippen LogP contribution in [0.3, 0.4) is 0 Å². The summed E-state index contributed by atoms with van der Waals surface area (Å²) in [6, 6.07) is -0.0728. The molecular weight excluding hydrogens is 389 g/mol. The van der Waals surface area contributed by atoms with Crippen LogP contribution in [0.2, 0.25) is 0 Å². The molecule has 152 valence electrons. The summed E-state index contributed by atoms with van der Waals surface area (Å²) in [5.41, 5.74) is 12.2. The monoisotopic (exact) mass is 411 g/mol. The molecule has 8 nitrogen and oxygen atoms in total. The van der Waals surface area contributed by atoms with Gasteiger partial charge < -0.3 is 26.5 Å². The number of hydrogen-bond donors (Lipinski definition) is 3. The molecule has 1 aromatic heterocycles. The maximum absolute atomic E-state index is 15.3. The van der Waals surface area contributed by atoms with Crippen LogP contribution in [0, 0.1) is 11.7 Å². The Morgan fingerprint density at radius 3 is 2.61 bits per heavy atom. The van der Waals surface area contributed by atoms with Crippen molar-refractivity contribution >= 4 is 40.7 Å². The standard InChI is InChI=1S/C18H22FN5O3.ClH/c1-8-5-23(7-11(8)20)16-9-3-4-22(2)24-6-10(18(26)27)17(25)12(15(9)24)14(21)13(16)19;/h6,8,11H,3-5,7,20-21H2,1-2H3,(H,26,27);1H/t8-,11+;/m1./s1. The summed E-state index contributed by atoms with van der Waals surface area (Å²) in [5.74, 6) is -1.83. The number of anilines is 2. The smallest absolute Gasteiger partial charge is 0.341 e. The van der Waals surface area contributed by atoms with E-state index in [1.54, 1.807) is 16.7 Å². The molecule has 0 aliphatic carbocycles. The minimum atomic E-state index is -1.37. The van der Waals surface area contributed by atoms with Crippen molar-refractivity contribution in [3.63, 3.8) is 0 Å². The van der Waals surface area contributed by atoms with Crippen molar-refractivity contribution in [3.8, 4) is 0 Å². The molecule has 0 spiro atoms. The average Bonchev–Trinajstić information content (AvgIpc) is 2.93. The van der Waals surface area contributed by atoms with Crippen LogP contribution in [-0.4, -0.2) is 48.5 Å². The second-order valence-corrected chi connectivity index (χ2v) is 7.48. The number of likely N-dealkylation sites (N-methyl/N-ethyl adjacent to an activating group) is 1. The highest BCUT2D eigenvalue weighted by atomic mass is 35.5. The second-order valence-electron chi connectivity index (χ2n) is 7.48. The average molecular weight is 412 g/mol. The Hall–Kier alpha value is -2.52. The third kappa shape index (κ3) is 2.68. The lowest BCUT2D eigenvalue weighted by molar-refractivity contribution is 0.0695. The number of halogens is 2. The van der Waals surface area contributed by atoms with Gasteiger partial charge >= 0.3 is 5.97 Å². The first-order valence-corrected chi connectivity index (χ1v) is 8.86. The molecule has 2 aromatic rings. The number of carboxylic acids is 1.